The quantitative estimate of drug-likeness (QED) is 0.553. The molecule has 0 spiro atoms. The Morgan fingerprint density at radius 3 is 2.88 bits per heavy atom. The first-order chi connectivity index (χ1) is 8.22. The lowest BCUT2D eigenvalue weighted by Crippen LogP contribution is -2.28. The molecule has 0 fully saturated rings. The summed E-state index contributed by atoms with van der Waals surface area (Å²) in [6.07, 6.45) is 2.61. The van der Waals surface area contributed by atoms with Crippen LogP contribution in [0.3, 0.4) is 0 Å². The number of aldehydes is 1. The van der Waals surface area contributed by atoms with E-state index in [-0.39, 0.29) is 0 Å². The Morgan fingerprint density at radius 1 is 1.53 bits per heavy atom. The van der Waals surface area contributed by atoms with E-state index >= 15 is 0 Å². The molecular weight excluding hydrogens is 238 g/mol. The van der Waals surface area contributed by atoms with Crippen LogP contribution in [-0.4, -0.2) is 33.1 Å². The molecule has 0 unspecified atom stereocenters. The molecule has 0 N–H and O–H groups in total. The van der Waals surface area contributed by atoms with Crippen LogP contribution in [-0.2, 0) is 4.74 Å². The molecule has 0 aliphatic carbocycles. The van der Waals surface area contributed by atoms with E-state index in [0.29, 0.717) is 30.3 Å². The van der Waals surface area contributed by atoms with E-state index in [1.54, 1.807) is 31.4 Å². The number of halogens is 1. The summed E-state index contributed by atoms with van der Waals surface area (Å²) in [4.78, 5) is 13.0. The van der Waals surface area contributed by atoms with Crippen LogP contribution in [0.1, 0.15) is 10.4 Å². The van der Waals surface area contributed by atoms with Gasteiger partial charge in [-0.05, 0) is 18.2 Å². The Labute approximate surface area is 107 Å². The maximum absolute atomic E-state index is 11.0. The minimum Gasteiger partial charge on any atom is -0.383 e. The average Bonchev–Trinajstić information content (AvgIpc) is 2.34. The summed E-state index contributed by atoms with van der Waals surface area (Å²) in [5.74, 6) is 0. The van der Waals surface area contributed by atoms with Gasteiger partial charge in [-0.3, -0.25) is 4.79 Å². The smallest absolute Gasteiger partial charge is 0.152 e. The molecule has 1 aromatic rings. The van der Waals surface area contributed by atoms with E-state index in [2.05, 4.69) is 6.58 Å². The summed E-state index contributed by atoms with van der Waals surface area (Å²) in [5, 5.41) is 0.608. The van der Waals surface area contributed by atoms with Crippen LogP contribution < -0.4 is 4.90 Å². The van der Waals surface area contributed by atoms with E-state index < -0.39 is 0 Å². The highest BCUT2D eigenvalue weighted by molar-refractivity contribution is 6.31. The number of methoxy groups -OCH3 is 1. The topological polar surface area (TPSA) is 29.5 Å². The third-order valence-corrected chi connectivity index (χ3v) is 2.61. The van der Waals surface area contributed by atoms with Gasteiger partial charge < -0.3 is 9.64 Å². The highest BCUT2D eigenvalue weighted by atomic mass is 35.5. The highest BCUT2D eigenvalue weighted by Gasteiger charge is 2.10. The van der Waals surface area contributed by atoms with Crippen LogP contribution in [0.2, 0.25) is 5.02 Å². The fraction of sp³-hybridized carbons (Fsp3) is 0.308. The molecule has 0 saturated heterocycles. The first-order valence-corrected chi connectivity index (χ1v) is 5.70. The van der Waals surface area contributed by atoms with E-state index in [9.17, 15) is 4.79 Å². The average molecular weight is 254 g/mol. The standard InChI is InChI=1S/C13H16ClNO2/c1-3-6-15(7-8-17-2)13-9-12(14)5-4-11(13)10-16/h3-5,9-10H,1,6-8H2,2H3. The molecule has 1 rings (SSSR count). The number of hydrogen-bond acceptors (Lipinski definition) is 3. The van der Waals surface area contributed by atoms with E-state index in [4.69, 9.17) is 16.3 Å². The molecule has 0 radical (unpaired) electrons. The highest BCUT2D eigenvalue weighted by Crippen LogP contribution is 2.23. The lowest BCUT2D eigenvalue weighted by molar-refractivity contribution is 0.112. The van der Waals surface area contributed by atoms with Gasteiger partial charge in [0.1, 0.15) is 0 Å². The Hall–Kier alpha value is -1.32. The lowest BCUT2D eigenvalue weighted by Gasteiger charge is -2.24. The monoisotopic (exact) mass is 253 g/mol. The molecule has 0 aromatic heterocycles. The lowest BCUT2D eigenvalue weighted by atomic mass is 10.1. The van der Waals surface area contributed by atoms with Gasteiger partial charge in [0.05, 0.1) is 6.61 Å². The van der Waals surface area contributed by atoms with Crippen molar-refractivity contribution in [2.24, 2.45) is 0 Å². The fourth-order valence-electron chi connectivity index (χ4n) is 1.56. The molecule has 0 heterocycles. The molecular formula is C13H16ClNO2. The molecule has 1 aromatic carbocycles. The molecule has 0 atom stereocenters. The summed E-state index contributed by atoms with van der Waals surface area (Å²) in [6.45, 7) is 5.62. The first kappa shape index (κ1) is 13.7. The zero-order valence-electron chi connectivity index (χ0n) is 9.86. The van der Waals surface area contributed by atoms with Crippen LogP contribution >= 0.6 is 11.6 Å². The Morgan fingerprint density at radius 2 is 2.29 bits per heavy atom. The maximum Gasteiger partial charge on any atom is 0.152 e. The molecule has 0 amide bonds. The van der Waals surface area contributed by atoms with Crippen LogP contribution in [0.5, 0.6) is 0 Å². The molecule has 0 saturated carbocycles. The number of nitrogens with zero attached hydrogens (tertiary/aromatic N) is 1. The second-order valence-electron chi connectivity index (χ2n) is 3.55. The summed E-state index contributed by atoms with van der Waals surface area (Å²) < 4.78 is 5.05. The third kappa shape index (κ3) is 3.88. The Kier molecular flexibility index (Phi) is 5.73. The number of ether oxygens (including phenoxy) is 1. The number of anilines is 1. The number of benzene rings is 1. The predicted octanol–water partition coefficient (Wildman–Crippen LogP) is 2.79. The number of rotatable bonds is 7. The summed E-state index contributed by atoms with van der Waals surface area (Å²) in [7, 11) is 1.64. The summed E-state index contributed by atoms with van der Waals surface area (Å²) in [6, 6.07) is 5.20. The van der Waals surface area contributed by atoms with Gasteiger partial charge in [0.25, 0.3) is 0 Å². The van der Waals surface area contributed by atoms with Crippen molar-refractivity contribution < 1.29 is 9.53 Å². The molecule has 0 aliphatic rings. The van der Waals surface area contributed by atoms with Gasteiger partial charge in [-0.25, -0.2) is 0 Å². The number of carbonyl (C=O) groups excluding carboxylic acids is 1. The van der Waals surface area contributed by atoms with Gasteiger partial charge in [0.2, 0.25) is 0 Å². The minimum absolute atomic E-state index is 0.582. The molecule has 0 aliphatic heterocycles. The zero-order valence-corrected chi connectivity index (χ0v) is 10.6. The SMILES string of the molecule is C=CCN(CCOC)c1cc(Cl)ccc1C=O. The molecule has 0 bridgehead atoms. The van der Waals surface area contributed by atoms with Gasteiger partial charge in [0.15, 0.2) is 6.29 Å². The zero-order chi connectivity index (χ0) is 12.7. The molecule has 92 valence electrons. The van der Waals surface area contributed by atoms with Crippen LogP contribution in [0.4, 0.5) is 5.69 Å². The predicted molar refractivity (Wildman–Crippen MR) is 71.1 cm³/mol. The number of carbonyl (C=O) groups is 1. The number of hydrogen-bond donors (Lipinski definition) is 0. The fourth-order valence-corrected chi connectivity index (χ4v) is 1.72. The van der Waals surface area contributed by atoms with Gasteiger partial charge in [-0.15, -0.1) is 6.58 Å². The van der Waals surface area contributed by atoms with Gasteiger partial charge >= 0.3 is 0 Å². The molecule has 4 heteroatoms. The van der Waals surface area contributed by atoms with E-state index in [1.165, 1.54) is 0 Å². The van der Waals surface area contributed by atoms with Gasteiger partial charge in [0, 0.05) is 36.5 Å². The maximum atomic E-state index is 11.0. The van der Waals surface area contributed by atoms with Crippen molar-refractivity contribution in [1.82, 2.24) is 0 Å². The minimum atomic E-state index is 0.582. The Bertz CT molecular complexity index is 393. The largest absolute Gasteiger partial charge is 0.383 e. The van der Waals surface area contributed by atoms with Crippen LogP contribution in [0, 0.1) is 0 Å². The second kappa shape index (κ2) is 7.09. The summed E-state index contributed by atoms with van der Waals surface area (Å²) in [5.41, 5.74) is 1.43. The van der Waals surface area contributed by atoms with Gasteiger partial charge in [-0.1, -0.05) is 17.7 Å². The normalized spacial score (nSPS) is 10.0. The van der Waals surface area contributed by atoms with Crippen molar-refractivity contribution in [3.8, 4) is 0 Å². The van der Waals surface area contributed by atoms with Crippen molar-refractivity contribution in [1.29, 1.82) is 0 Å². The van der Waals surface area contributed by atoms with Crippen molar-refractivity contribution in [2.75, 3.05) is 31.7 Å². The third-order valence-electron chi connectivity index (χ3n) is 2.37. The van der Waals surface area contributed by atoms with E-state index in [0.717, 1.165) is 12.0 Å². The van der Waals surface area contributed by atoms with Crippen molar-refractivity contribution in [2.45, 2.75) is 0 Å². The van der Waals surface area contributed by atoms with Crippen molar-refractivity contribution in [3.05, 3.63) is 41.4 Å². The Balaban J connectivity index is 3.01. The van der Waals surface area contributed by atoms with Crippen molar-refractivity contribution in [3.63, 3.8) is 0 Å². The van der Waals surface area contributed by atoms with E-state index in [1.807, 2.05) is 4.90 Å². The second-order valence-corrected chi connectivity index (χ2v) is 3.98. The van der Waals surface area contributed by atoms with Crippen molar-refractivity contribution >= 4 is 23.6 Å². The van der Waals surface area contributed by atoms with Crippen LogP contribution in [0.25, 0.3) is 0 Å². The molecule has 3 nitrogen and oxygen atoms in total. The summed E-state index contributed by atoms with van der Waals surface area (Å²) >= 11 is 5.95. The first-order valence-electron chi connectivity index (χ1n) is 5.32. The van der Waals surface area contributed by atoms with Gasteiger partial charge in [-0.2, -0.15) is 0 Å². The van der Waals surface area contributed by atoms with Crippen LogP contribution in [0.15, 0.2) is 30.9 Å². The molecule has 17 heavy (non-hydrogen) atoms.